The first kappa shape index (κ1) is 8.72. The van der Waals surface area contributed by atoms with Crippen LogP contribution in [0.2, 0.25) is 0 Å². The number of hydrogen-bond donors (Lipinski definition) is 1. The summed E-state index contributed by atoms with van der Waals surface area (Å²) in [5.41, 5.74) is 1.07. The summed E-state index contributed by atoms with van der Waals surface area (Å²) in [6, 6.07) is 3.46. The summed E-state index contributed by atoms with van der Waals surface area (Å²) >= 11 is 0. The zero-order valence-electron chi connectivity index (χ0n) is 8.02. The van der Waals surface area contributed by atoms with Gasteiger partial charge in [-0.25, -0.2) is 0 Å². The second kappa shape index (κ2) is 3.23. The molecule has 0 spiro atoms. The van der Waals surface area contributed by atoms with Crippen molar-refractivity contribution < 1.29 is 5.11 Å². The maximum atomic E-state index is 9.93. The molecule has 16 heavy (non-hydrogen) atoms. The number of pyridine rings is 1. The van der Waals surface area contributed by atoms with Gasteiger partial charge < -0.3 is 5.11 Å². The van der Waals surface area contributed by atoms with Crippen LogP contribution in [0.15, 0.2) is 30.9 Å². The molecular formula is C9H6N6O. The van der Waals surface area contributed by atoms with Crippen LogP contribution in [0, 0.1) is 0 Å². The van der Waals surface area contributed by atoms with Crippen LogP contribution < -0.4 is 0 Å². The molecule has 0 aliphatic carbocycles. The minimum atomic E-state index is -0.0892. The van der Waals surface area contributed by atoms with E-state index in [4.69, 9.17) is 0 Å². The van der Waals surface area contributed by atoms with Crippen molar-refractivity contribution in [3.05, 3.63) is 30.9 Å². The first-order valence-electron chi connectivity index (χ1n) is 4.52. The van der Waals surface area contributed by atoms with Gasteiger partial charge in [-0.2, -0.15) is 14.6 Å². The summed E-state index contributed by atoms with van der Waals surface area (Å²) in [5, 5.41) is 21.5. The van der Waals surface area contributed by atoms with Gasteiger partial charge in [-0.15, -0.1) is 10.2 Å². The van der Waals surface area contributed by atoms with Crippen molar-refractivity contribution in [1.82, 2.24) is 29.8 Å². The molecule has 3 aromatic rings. The smallest absolute Gasteiger partial charge is 0.274 e. The normalized spacial score (nSPS) is 10.8. The third-order valence-corrected chi connectivity index (χ3v) is 2.14. The van der Waals surface area contributed by atoms with E-state index in [9.17, 15) is 5.11 Å². The van der Waals surface area contributed by atoms with E-state index in [1.165, 1.54) is 10.8 Å². The minimum absolute atomic E-state index is 0.0892. The van der Waals surface area contributed by atoms with Crippen LogP contribution in [0.4, 0.5) is 0 Å². The second-order valence-electron chi connectivity index (χ2n) is 3.08. The van der Waals surface area contributed by atoms with E-state index < -0.39 is 0 Å². The molecule has 0 aliphatic heterocycles. The quantitative estimate of drug-likeness (QED) is 0.626. The lowest BCUT2D eigenvalue weighted by Crippen LogP contribution is -1.98. The summed E-state index contributed by atoms with van der Waals surface area (Å²) < 4.78 is 1.22. The van der Waals surface area contributed by atoms with Crippen molar-refractivity contribution in [2.45, 2.75) is 0 Å². The van der Waals surface area contributed by atoms with Gasteiger partial charge in [0.25, 0.3) is 5.78 Å². The van der Waals surface area contributed by atoms with Crippen LogP contribution in [-0.4, -0.2) is 34.9 Å². The predicted molar refractivity (Wildman–Crippen MR) is 53.5 cm³/mol. The van der Waals surface area contributed by atoms with E-state index in [1.54, 1.807) is 24.5 Å². The summed E-state index contributed by atoms with van der Waals surface area (Å²) in [5.74, 6) is 0.170. The molecule has 0 aromatic carbocycles. The van der Waals surface area contributed by atoms with E-state index in [2.05, 4.69) is 25.3 Å². The standard InChI is InChI=1S/C9H6N6O/c16-8-7(6-1-3-10-4-2-6)13-14-9-11-5-12-15(8)9/h1-5,16H. The fourth-order valence-electron chi connectivity index (χ4n) is 1.39. The average molecular weight is 214 g/mol. The van der Waals surface area contributed by atoms with Crippen LogP contribution in [0.3, 0.4) is 0 Å². The Labute approximate surface area is 89.4 Å². The van der Waals surface area contributed by atoms with Crippen LogP contribution in [0.1, 0.15) is 0 Å². The van der Waals surface area contributed by atoms with Crippen molar-refractivity contribution in [3.63, 3.8) is 0 Å². The highest BCUT2D eigenvalue weighted by molar-refractivity contribution is 5.63. The molecular weight excluding hydrogens is 208 g/mol. The minimum Gasteiger partial charge on any atom is -0.492 e. The largest absolute Gasteiger partial charge is 0.492 e. The highest BCUT2D eigenvalue weighted by atomic mass is 16.3. The zero-order valence-corrected chi connectivity index (χ0v) is 8.02. The first-order chi connectivity index (χ1) is 7.86. The summed E-state index contributed by atoms with van der Waals surface area (Å²) in [6.45, 7) is 0. The number of nitrogens with zero attached hydrogens (tertiary/aromatic N) is 6. The van der Waals surface area contributed by atoms with Crippen molar-refractivity contribution in [2.75, 3.05) is 0 Å². The van der Waals surface area contributed by atoms with Gasteiger partial charge in [0.15, 0.2) is 5.69 Å². The van der Waals surface area contributed by atoms with E-state index >= 15 is 0 Å². The van der Waals surface area contributed by atoms with Gasteiger partial charge in [-0.1, -0.05) is 0 Å². The van der Waals surface area contributed by atoms with Crippen LogP contribution >= 0.6 is 0 Å². The Bertz CT molecular complexity index is 635. The number of hydrogen-bond acceptors (Lipinski definition) is 6. The van der Waals surface area contributed by atoms with Gasteiger partial charge >= 0.3 is 0 Å². The molecule has 7 nitrogen and oxygen atoms in total. The van der Waals surface area contributed by atoms with Gasteiger partial charge in [-0.05, 0) is 12.1 Å². The highest BCUT2D eigenvalue weighted by Crippen LogP contribution is 2.24. The number of fused-ring (bicyclic) bond motifs is 1. The Morgan fingerprint density at radius 2 is 1.94 bits per heavy atom. The molecule has 0 atom stereocenters. The number of rotatable bonds is 1. The van der Waals surface area contributed by atoms with Crippen molar-refractivity contribution in [3.8, 4) is 17.1 Å². The molecule has 1 N–H and O–H groups in total. The maximum absolute atomic E-state index is 9.93. The van der Waals surface area contributed by atoms with E-state index in [0.29, 0.717) is 5.69 Å². The van der Waals surface area contributed by atoms with Gasteiger partial charge in [0.05, 0.1) is 0 Å². The molecule has 0 saturated carbocycles. The van der Waals surface area contributed by atoms with E-state index in [-0.39, 0.29) is 11.7 Å². The van der Waals surface area contributed by atoms with E-state index in [1.807, 2.05) is 0 Å². The first-order valence-corrected chi connectivity index (χ1v) is 4.52. The average Bonchev–Trinajstić information content (AvgIpc) is 2.80. The zero-order chi connectivity index (χ0) is 11.0. The predicted octanol–water partition coefficient (Wildman–Crippen LogP) is 0.287. The Hall–Kier alpha value is -2.57. The van der Waals surface area contributed by atoms with Gasteiger partial charge in [0, 0.05) is 18.0 Å². The van der Waals surface area contributed by atoms with Crippen LogP contribution in [0.25, 0.3) is 17.0 Å². The summed E-state index contributed by atoms with van der Waals surface area (Å²) in [4.78, 5) is 7.71. The molecule has 0 unspecified atom stereocenters. The molecule has 78 valence electrons. The third-order valence-electron chi connectivity index (χ3n) is 2.14. The summed E-state index contributed by atoms with van der Waals surface area (Å²) in [7, 11) is 0. The van der Waals surface area contributed by atoms with E-state index in [0.717, 1.165) is 5.56 Å². The highest BCUT2D eigenvalue weighted by Gasteiger charge is 2.12. The Balaban J connectivity index is 2.28. The monoisotopic (exact) mass is 214 g/mol. The Morgan fingerprint density at radius 1 is 1.12 bits per heavy atom. The fraction of sp³-hybridized carbons (Fsp3) is 0. The maximum Gasteiger partial charge on any atom is 0.274 e. The fourth-order valence-corrected chi connectivity index (χ4v) is 1.39. The second-order valence-corrected chi connectivity index (χ2v) is 3.08. The molecule has 3 aromatic heterocycles. The Kier molecular flexibility index (Phi) is 1.76. The lowest BCUT2D eigenvalue weighted by molar-refractivity contribution is 0.433. The molecule has 3 heterocycles. The molecule has 0 fully saturated rings. The van der Waals surface area contributed by atoms with Gasteiger partial charge in [0.2, 0.25) is 5.88 Å². The Morgan fingerprint density at radius 3 is 2.75 bits per heavy atom. The van der Waals surface area contributed by atoms with Crippen molar-refractivity contribution >= 4 is 5.78 Å². The molecule has 7 heteroatoms. The van der Waals surface area contributed by atoms with Crippen LogP contribution in [0.5, 0.6) is 5.88 Å². The van der Waals surface area contributed by atoms with Gasteiger partial charge in [-0.3, -0.25) is 4.98 Å². The van der Waals surface area contributed by atoms with Crippen molar-refractivity contribution in [2.24, 2.45) is 0 Å². The number of aromatic hydroxyl groups is 1. The molecule has 0 aliphatic rings. The molecule has 0 radical (unpaired) electrons. The summed E-state index contributed by atoms with van der Waals surface area (Å²) in [6.07, 6.45) is 4.53. The molecule has 0 amide bonds. The topological polar surface area (TPSA) is 89.1 Å². The molecule has 3 rings (SSSR count). The lowest BCUT2D eigenvalue weighted by atomic mass is 10.2. The number of aromatic nitrogens is 6. The van der Waals surface area contributed by atoms with Crippen molar-refractivity contribution in [1.29, 1.82) is 0 Å². The SMILES string of the molecule is Oc1c(-c2ccncc2)nnc2ncnn12. The van der Waals surface area contributed by atoms with Crippen LogP contribution in [-0.2, 0) is 0 Å². The van der Waals surface area contributed by atoms with Gasteiger partial charge in [0.1, 0.15) is 6.33 Å². The molecule has 0 saturated heterocycles. The third kappa shape index (κ3) is 1.18. The molecule has 0 bridgehead atoms. The lowest BCUT2D eigenvalue weighted by Gasteiger charge is -2.02.